The van der Waals surface area contributed by atoms with Crippen LogP contribution in [0.2, 0.25) is 0 Å². The lowest BCUT2D eigenvalue weighted by Crippen LogP contribution is -2.50. The highest BCUT2D eigenvalue weighted by molar-refractivity contribution is 5.98. The number of esters is 1. The van der Waals surface area contributed by atoms with Crippen molar-refractivity contribution in [2.45, 2.75) is 103 Å². The van der Waals surface area contributed by atoms with Crippen molar-refractivity contribution >= 4 is 29.6 Å². The number of amides is 3. The minimum absolute atomic E-state index is 0.0231. The van der Waals surface area contributed by atoms with Gasteiger partial charge in [-0.3, -0.25) is 14.4 Å². The molecule has 13 nitrogen and oxygen atoms in total. The smallest absolute Gasteiger partial charge is 0.410 e. The number of tetrazole rings is 1. The van der Waals surface area contributed by atoms with Crippen molar-refractivity contribution in [3.05, 3.63) is 24.3 Å². The molecule has 3 fully saturated rings. The number of aromatic nitrogens is 4. The van der Waals surface area contributed by atoms with E-state index in [1.165, 1.54) is 13.3 Å². The lowest BCUT2D eigenvalue weighted by atomic mass is 9.76. The van der Waals surface area contributed by atoms with E-state index >= 15 is 0 Å². The van der Waals surface area contributed by atoms with Gasteiger partial charge in [-0.05, 0) is 84.6 Å². The van der Waals surface area contributed by atoms with Crippen molar-refractivity contribution in [1.29, 1.82) is 0 Å². The molecular weight excluding hydrogens is 621 g/mol. The van der Waals surface area contributed by atoms with Gasteiger partial charge in [0.25, 0.3) is 0 Å². The highest BCUT2D eigenvalue weighted by Gasteiger charge is 2.47. The molecule has 0 radical (unpaired) electrons. The van der Waals surface area contributed by atoms with Gasteiger partial charge in [-0.15, -0.1) is 5.10 Å². The molecule has 3 N–H and O–H groups in total. The largest absolute Gasteiger partial charge is 0.425 e. The summed E-state index contributed by atoms with van der Waals surface area (Å²) in [7, 11) is 0. The van der Waals surface area contributed by atoms with Gasteiger partial charge in [0.2, 0.25) is 18.1 Å². The lowest BCUT2D eigenvalue weighted by Gasteiger charge is -2.37. The van der Waals surface area contributed by atoms with Crippen LogP contribution in [0.15, 0.2) is 24.3 Å². The molecule has 3 amide bonds. The first-order valence-electron chi connectivity index (χ1n) is 17.3. The first kappa shape index (κ1) is 35.2. The van der Waals surface area contributed by atoms with Gasteiger partial charge < -0.3 is 25.0 Å². The van der Waals surface area contributed by atoms with Crippen LogP contribution in [0, 0.1) is 29.6 Å². The van der Waals surface area contributed by atoms with E-state index in [1.54, 1.807) is 30.9 Å². The normalized spacial score (nSPS) is 24.5. The number of hydrogen-bond donors (Lipinski definition) is 3. The lowest BCUT2D eigenvalue weighted by molar-refractivity contribution is -0.168. The van der Waals surface area contributed by atoms with E-state index in [4.69, 9.17) is 9.47 Å². The predicted molar refractivity (Wildman–Crippen MR) is 174 cm³/mol. The van der Waals surface area contributed by atoms with Gasteiger partial charge in [-0.2, -0.15) is 0 Å². The molecule has 0 spiro atoms. The van der Waals surface area contributed by atoms with Gasteiger partial charge in [-0.1, -0.05) is 46.0 Å². The Labute approximate surface area is 280 Å². The van der Waals surface area contributed by atoms with Crippen LogP contribution < -0.4 is 10.6 Å². The van der Waals surface area contributed by atoms with Gasteiger partial charge in [-0.25, -0.2) is 14.3 Å². The molecule has 0 bridgehead atoms. The molecule has 0 unspecified atom stereocenters. The van der Waals surface area contributed by atoms with Crippen molar-refractivity contribution in [2.75, 3.05) is 18.5 Å². The number of carbonyl (C=O) groups is 4. The van der Waals surface area contributed by atoms with E-state index in [-0.39, 0.29) is 35.5 Å². The molecule has 14 heteroatoms. The summed E-state index contributed by atoms with van der Waals surface area (Å²) in [6.07, 6.45) is 6.64. The molecule has 2 saturated carbocycles. The quantitative estimate of drug-likeness (QED) is 0.220. The molecule has 4 atom stereocenters. The zero-order valence-electron chi connectivity index (χ0n) is 28.0. The Morgan fingerprint density at radius 1 is 0.958 bits per heavy atom. The third kappa shape index (κ3) is 8.67. The molecule has 2 aromatic rings. The minimum Gasteiger partial charge on any atom is -0.425 e. The molecule has 2 heterocycles. The first-order valence-corrected chi connectivity index (χ1v) is 17.3. The first-order chi connectivity index (χ1) is 23.1. The third-order valence-corrected chi connectivity index (χ3v) is 10.2. The maximum atomic E-state index is 14.1. The highest BCUT2D eigenvalue weighted by atomic mass is 19.1. The second-order valence-electron chi connectivity index (χ2n) is 13.7. The van der Waals surface area contributed by atoms with E-state index in [1.807, 2.05) is 12.1 Å². The van der Waals surface area contributed by atoms with Crippen LogP contribution in [-0.4, -0.2) is 81.0 Å². The fourth-order valence-corrected chi connectivity index (χ4v) is 7.61. The van der Waals surface area contributed by atoms with E-state index in [0.29, 0.717) is 49.7 Å². The number of alkyl halides is 1. The molecule has 3 aliphatic rings. The van der Waals surface area contributed by atoms with E-state index in [0.717, 1.165) is 37.7 Å². The van der Waals surface area contributed by atoms with Crippen LogP contribution in [0.4, 0.5) is 14.9 Å². The number of alkyl carbamates (subject to hydrolysis) is 1. The number of hydrogen-bond acceptors (Lipinski definition) is 9. The fraction of sp³-hybridized carbons (Fsp3) is 0.676. The summed E-state index contributed by atoms with van der Waals surface area (Å²) in [4.78, 5) is 54.0. The number of anilines is 1. The van der Waals surface area contributed by atoms with Gasteiger partial charge in [0.15, 0.2) is 5.82 Å². The van der Waals surface area contributed by atoms with E-state index in [2.05, 4.69) is 31.3 Å². The zero-order valence-corrected chi connectivity index (χ0v) is 28.0. The Hall–Kier alpha value is -4.10. The summed E-state index contributed by atoms with van der Waals surface area (Å²) in [5.41, 5.74) is 1.42. The monoisotopic (exact) mass is 669 g/mol. The summed E-state index contributed by atoms with van der Waals surface area (Å²) >= 11 is 0. The summed E-state index contributed by atoms with van der Waals surface area (Å²) in [5, 5.41) is 19.5. The Morgan fingerprint density at radius 3 is 2.29 bits per heavy atom. The molecular formula is C34H48FN7O6. The number of halogens is 1. The standard InChI is InChI=1S/C34H48FN7O6/c1-20(2)33(45)47-21(3)48-34(46)37-28(19-35)23-9-11-25(12-10-23)32(44)42-18-17-27(22-7-5-4-6-8-22)29(42)31(43)36-26-15-13-24(14-16-26)30-38-40-41-39-30/h13-16,20-23,25,27-29H,4-12,17-19H2,1-3H3,(H,36,43)(H,37,46)(H,38,39,40,41)/t21-,23-,25-,27+,28-,29+/m1/s1. The average molecular weight is 670 g/mol. The SMILES string of the molecule is CC(C)C(=O)O[C@@H](C)OC(=O)N[C@H](CF)[C@H]1CC[C@H](C(=O)N2CC[C@@H](C3CCCCC3)[C@H]2C(=O)Nc2ccc(-c3nnn[nH]3)cc2)CC1. The topological polar surface area (TPSA) is 168 Å². The van der Waals surface area contributed by atoms with Crippen LogP contribution >= 0.6 is 0 Å². The summed E-state index contributed by atoms with van der Waals surface area (Å²) < 4.78 is 24.3. The average Bonchev–Trinajstić information content (AvgIpc) is 3.79. The summed E-state index contributed by atoms with van der Waals surface area (Å²) in [5.74, 6) is -0.504. The van der Waals surface area contributed by atoms with Gasteiger partial charge in [0.1, 0.15) is 12.7 Å². The second kappa shape index (κ2) is 16.3. The highest BCUT2D eigenvalue weighted by Crippen LogP contribution is 2.41. The van der Waals surface area contributed by atoms with Crippen molar-refractivity contribution < 1.29 is 33.0 Å². The van der Waals surface area contributed by atoms with Crippen molar-refractivity contribution in [1.82, 2.24) is 30.8 Å². The van der Waals surface area contributed by atoms with E-state index < -0.39 is 37.1 Å². The Balaban J connectivity index is 1.19. The Bertz CT molecular complexity index is 1380. The number of H-pyrrole nitrogens is 1. The van der Waals surface area contributed by atoms with Gasteiger partial charge in [0, 0.05) is 30.6 Å². The molecule has 1 aromatic carbocycles. The molecule has 5 rings (SSSR count). The minimum atomic E-state index is -1.10. The fourth-order valence-electron chi connectivity index (χ4n) is 7.61. The summed E-state index contributed by atoms with van der Waals surface area (Å²) in [6, 6.07) is 5.92. The third-order valence-electron chi connectivity index (χ3n) is 10.2. The van der Waals surface area contributed by atoms with Gasteiger partial charge >= 0.3 is 12.1 Å². The number of rotatable bonds is 11. The zero-order chi connectivity index (χ0) is 34.2. The van der Waals surface area contributed by atoms with Crippen LogP contribution in [0.25, 0.3) is 11.4 Å². The van der Waals surface area contributed by atoms with Crippen LogP contribution in [0.3, 0.4) is 0 Å². The Morgan fingerprint density at radius 2 is 1.67 bits per heavy atom. The molecule has 2 aliphatic carbocycles. The van der Waals surface area contributed by atoms with Crippen molar-refractivity contribution in [3.8, 4) is 11.4 Å². The molecule has 262 valence electrons. The number of ether oxygens (including phenoxy) is 2. The number of benzene rings is 1. The maximum Gasteiger partial charge on any atom is 0.410 e. The molecule has 1 aliphatic heterocycles. The number of nitrogens with one attached hydrogen (secondary N) is 3. The van der Waals surface area contributed by atoms with E-state index in [9.17, 15) is 23.6 Å². The van der Waals surface area contributed by atoms with Crippen LogP contribution in [-0.2, 0) is 23.9 Å². The van der Waals surface area contributed by atoms with Crippen molar-refractivity contribution in [3.63, 3.8) is 0 Å². The molecule has 1 saturated heterocycles. The van der Waals surface area contributed by atoms with Crippen LogP contribution in [0.5, 0.6) is 0 Å². The second-order valence-corrected chi connectivity index (χ2v) is 13.7. The molecule has 1 aromatic heterocycles. The summed E-state index contributed by atoms with van der Waals surface area (Å²) in [6.45, 7) is 4.52. The predicted octanol–water partition coefficient (Wildman–Crippen LogP) is 5.02. The maximum absolute atomic E-state index is 14.1. The van der Waals surface area contributed by atoms with Gasteiger partial charge in [0.05, 0.1) is 12.0 Å². The molecule has 48 heavy (non-hydrogen) atoms. The van der Waals surface area contributed by atoms with Crippen molar-refractivity contribution in [2.24, 2.45) is 29.6 Å². The number of likely N-dealkylation sites (tertiary alicyclic amines) is 1. The Kier molecular flexibility index (Phi) is 12.0. The van der Waals surface area contributed by atoms with Crippen LogP contribution in [0.1, 0.15) is 85.0 Å². The number of carbonyl (C=O) groups excluding carboxylic acids is 4. The number of nitrogens with zero attached hydrogens (tertiary/aromatic N) is 4. The number of aromatic amines is 1.